The van der Waals surface area contributed by atoms with Gasteiger partial charge in [-0.2, -0.15) is 0 Å². The van der Waals surface area contributed by atoms with Crippen molar-refractivity contribution in [2.24, 2.45) is 0 Å². The fourth-order valence-electron chi connectivity index (χ4n) is 1.01. The molecule has 5 heteroatoms. The molecule has 0 aromatic heterocycles. The molecule has 0 fully saturated rings. The van der Waals surface area contributed by atoms with Crippen molar-refractivity contribution in [2.75, 3.05) is 18.5 Å². The van der Waals surface area contributed by atoms with Crippen molar-refractivity contribution in [3.05, 3.63) is 29.6 Å². The predicted octanol–water partition coefficient (Wildman–Crippen LogP) is 1.67. The number of hydrogen-bond donors (Lipinski definition) is 2. The van der Waals surface area contributed by atoms with Crippen LogP contribution in [0, 0.1) is 12.7 Å². The summed E-state index contributed by atoms with van der Waals surface area (Å²) in [6.07, 6.45) is -0.785. The fourth-order valence-corrected chi connectivity index (χ4v) is 1.01. The number of rotatable bonds is 3. The van der Waals surface area contributed by atoms with Gasteiger partial charge in [0.2, 0.25) is 0 Å². The molecule has 1 amide bonds. The molecule has 0 spiro atoms. The number of aryl methyl sites for hydroxylation is 1. The number of ether oxygens (including phenoxy) is 1. The summed E-state index contributed by atoms with van der Waals surface area (Å²) < 4.78 is 17.7. The average molecular weight is 213 g/mol. The first-order chi connectivity index (χ1) is 7.13. The maximum Gasteiger partial charge on any atom is 0.411 e. The topological polar surface area (TPSA) is 58.6 Å². The minimum Gasteiger partial charge on any atom is -0.447 e. The number of amides is 1. The van der Waals surface area contributed by atoms with Crippen molar-refractivity contribution >= 4 is 11.8 Å². The Labute approximate surface area is 86.7 Å². The van der Waals surface area contributed by atoms with Crippen molar-refractivity contribution in [2.45, 2.75) is 6.92 Å². The third kappa shape index (κ3) is 3.55. The lowest BCUT2D eigenvalue weighted by atomic mass is 10.2. The monoisotopic (exact) mass is 213 g/mol. The number of carbonyl (C=O) groups is 1. The summed E-state index contributed by atoms with van der Waals surface area (Å²) in [5.41, 5.74) is 0.824. The van der Waals surface area contributed by atoms with Crippen molar-refractivity contribution in [1.29, 1.82) is 0 Å². The van der Waals surface area contributed by atoms with Crippen LogP contribution in [0.25, 0.3) is 0 Å². The first kappa shape index (κ1) is 11.5. The van der Waals surface area contributed by atoms with E-state index in [1.54, 1.807) is 13.0 Å². The molecule has 82 valence electrons. The predicted molar refractivity (Wildman–Crippen MR) is 53.2 cm³/mol. The first-order valence-electron chi connectivity index (χ1n) is 4.44. The number of aliphatic hydroxyl groups excluding tert-OH is 1. The highest BCUT2D eigenvalue weighted by molar-refractivity contribution is 5.84. The van der Waals surface area contributed by atoms with E-state index in [2.05, 4.69) is 10.1 Å². The van der Waals surface area contributed by atoms with Gasteiger partial charge >= 0.3 is 6.09 Å². The molecule has 2 N–H and O–H groups in total. The second-order valence-electron chi connectivity index (χ2n) is 2.97. The van der Waals surface area contributed by atoms with Gasteiger partial charge in [0.25, 0.3) is 0 Å². The molecular formula is C10H12FNO3. The highest BCUT2D eigenvalue weighted by atomic mass is 19.1. The molecule has 0 aliphatic rings. The Morgan fingerprint density at radius 2 is 2.33 bits per heavy atom. The van der Waals surface area contributed by atoms with Crippen molar-refractivity contribution in [1.82, 2.24) is 0 Å². The van der Waals surface area contributed by atoms with Gasteiger partial charge in [0.05, 0.1) is 12.3 Å². The molecule has 0 aliphatic heterocycles. The molecule has 0 radical (unpaired) electrons. The van der Waals surface area contributed by atoms with E-state index < -0.39 is 11.9 Å². The van der Waals surface area contributed by atoms with Crippen LogP contribution in [0.15, 0.2) is 18.2 Å². The summed E-state index contributed by atoms with van der Waals surface area (Å²) in [5, 5.41) is 10.6. The second kappa shape index (κ2) is 5.31. The fraction of sp³-hybridized carbons (Fsp3) is 0.300. The van der Waals surface area contributed by atoms with E-state index in [9.17, 15) is 9.18 Å². The summed E-state index contributed by atoms with van der Waals surface area (Å²) in [4.78, 5) is 11.0. The molecule has 1 rings (SSSR count). The molecule has 4 nitrogen and oxygen atoms in total. The van der Waals surface area contributed by atoms with Crippen LogP contribution in [0.1, 0.15) is 5.56 Å². The highest BCUT2D eigenvalue weighted by Gasteiger charge is 2.07. The van der Waals surface area contributed by atoms with Crippen molar-refractivity contribution in [3.63, 3.8) is 0 Å². The zero-order valence-corrected chi connectivity index (χ0v) is 8.29. The van der Waals surface area contributed by atoms with Crippen LogP contribution in [0.5, 0.6) is 0 Å². The summed E-state index contributed by atoms with van der Waals surface area (Å²) in [6, 6.07) is 4.43. The highest BCUT2D eigenvalue weighted by Crippen LogP contribution is 2.15. The number of anilines is 1. The average Bonchev–Trinajstić information content (AvgIpc) is 2.19. The molecule has 0 aliphatic carbocycles. The molecular weight excluding hydrogens is 201 g/mol. The molecule has 0 heterocycles. The van der Waals surface area contributed by atoms with Gasteiger partial charge in [0, 0.05) is 0 Å². The number of hydrogen-bond acceptors (Lipinski definition) is 3. The van der Waals surface area contributed by atoms with Crippen LogP contribution in [0.3, 0.4) is 0 Å². The van der Waals surface area contributed by atoms with E-state index in [1.165, 1.54) is 12.1 Å². The largest absolute Gasteiger partial charge is 0.447 e. The molecule has 1 aromatic rings. The minimum absolute atomic E-state index is 0.0588. The molecule has 0 saturated heterocycles. The molecule has 1 aromatic carbocycles. The zero-order chi connectivity index (χ0) is 11.3. The quantitative estimate of drug-likeness (QED) is 0.803. The second-order valence-corrected chi connectivity index (χ2v) is 2.97. The Balaban J connectivity index is 2.60. The van der Waals surface area contributed by atoms with Crippen LogP contribution in [0.2, 0.25) is 0 Å². The Hall–Kier alpha value is -1.62. The Morgan fingerprint density at radius 3 is 2.93 bits per heavy atom. The third-order valence-corrected chi connectivity index (χ3v) is 1.69. The van der Waals surface area contributed by atoms with Gasteiger partial charge in [-0.15, -0.1) is 0 Å². The van der Waals surface area contributed by atoms with E-state index in [0.717, 1.165) is 5.56 Å². The van der Waals surface area contributed by atoms with E-state index in [-0.39, 0.29) is 18.9 Å². The smallest absolute Gasteiger partial charge is 0.411 e. The number of aliphatic hydroxyl groups is 1. The lowest BCUT2D eigenvalue weighted by Crippen LogP contribution is -2.16. The molecule has 0 atom stereocenters. The lowest BCUT2D eigenvalue weighted by molar-refractivity contribution is 0.131. The third-order valence-electron chi connectivity index (χ3n) is 1.69. The zero-order valence-electron chi connectivity index (χ0n) is 8.29. The SMILES string of the molecule is Cc1ccc(NC(=O)OCCO)c(F)c1. The summed E-state index contributed by atoms with van der Waals surface area (Å²) >= 11 is 0. The molecule has 0 unspecified atom stereocenters. The van der Waals surface area contributed by atoms with Crippen LogP contribution in [-0.4, -0.2) is 24.4 Å². The van der Waals surface area contributed by atoms with E-state index in [0.29, 0.717) is 0 Å². The van der Waals surface area contributed by atoms with Crippen molar-refractivity contribution in [3.8, 4) is 0 Å². The summed E-state index contributed by atoms with van der Waals surface area (Å²) in [7, 11) is 0. The number of halogens is 1. The Bertz CT molecular complexity index is 355. The van der Waals surface area contributed by atoms with Gasteiger partial charge in [0.15, 0.2) is 0 Å². The van der Waals surface area contributed by atoms with E-state index in [4.69, 9.17) is 5.11 Å². The maximum absolute atomic E-state index is 13.2. The van der Waals surface area contributed by atoms with Gasteiger partial charge < -0.3 is 9.84 Å². The summed E-state index contributed by atoms with van der Waals surface area (Å²) in [6.45, 7) is 1.38. The van der Waals surface area contributed by atoms with Gasteiger partial charge in [-0.25, -0.2) is 9.18 Å². The van der Waals surface area contributed by atoms with Crippen LogP contribution >= 0.6 is 0 Å². The van der Waals surface area contributed by atoms with E-state index in [1.807, 2.05) is 0 Å². The van der Waals surface area contributed by atoms with Gasteiger partial charge in [-0.05, 0) is 24.6 Å². The summed E-state index contributed by atoms with van der Waals surface area (Å²) in [5.74, 6) is -0.518. The normalized spacial score (nSPS) is 9.80. The van der Waals surface area contributed by atoms with Crippen LogP contribution in [-0.2, 0) is 4.74 Å². The van der Waals surface area contributed by atoms with Gasteiger partial charge in [-0.1, -0.05) is 6.07 Å². The van der Waals surface area contributed by atoms with Crippen LogP contribution in [0.4, 0.5) is 14.9 Å². The lowest BCUT2D eigenvalue weighted by Gasteiger charge is -2.06. The molecule has 0 bridgehead atoms. The van der Waals surface area contributed by atoms with Gasteiger partial charge in [0.1, 0.15) is 12.4 Å². The Morgan fingerprint density at radius 1 is 1.60 bits per heavy atom. The Kier molecular flexibility index (Phi) is 4.05. The van der Waals surface area contributed by atoms with Gasteiger partial charge in [-0.3, -0.25) is 5.32 Å². The first-order valence-corrected chi connectivity index (χ1v) is 4.44. The number of carbonyl (C=O) groups excluding carboxylic acids is 1. The molecule has 15 heavy (non-hydrogen) atoms. The van der Waals surface area contributed by atoms with E-state index >= 15 is 0 Å². The maximum atomic E-state index is 13.2. The molecule has 0 saturated carbocycles. The van der Waals surface area contributed by atoms with Crippen molar-refractivity contribution < 1.29 is 19.0 Å². The number of nitrogens with one attached hydrogen (secondary N) is 1. The van der Waals surface area contributed by atoms with Crippen LogP contribution < -0.4 is 5.32 Å². The standard InChI is InChI=1S/C10H12FNO3/c1-7-2-3-9(8(11)6-7)12-10(14)15-5-4-13/h2-3,6,13H,4-5H2,1H3,(H,12,14). The number of benzene rings is 1. The minimum atomic E-state index is -0.785.